The highest BCUT2D eigenvalue weighted by Crippen LogP contribution is 2.38. The zero-order valence-electron chi connectivity index (χ0n) is 20.6. The fourth-order valence-corrected chi connectivity index (χ4v) is 4.96. The number of ether oxygens (including phenoxy) is 2. The average molecular weight is 496 g/mol. The molecule has 37 heavy (non-hydrogen) atoms. The summed E-state index contributed by atoms with van der Waals surface area (Å²) in [6.07, 6.45) is 0.869. The van der Waals surface area contributed by atoms with E-state index in [0.717, 1.165) is 41.0 Å². The van der Waals surface area contributed by atoms with Gasteiger partial charge >= 0.3 is 11.3 Å². The highest BCUT2D eigenvalue weighted by Gasteiger charge is 2.24. The Hall–Kier alpha value is -4.36. The Labute approximate surface area is 212 Å². The highest BCUT2D eigenvalue weighted by molar-refractivity contribution is 5.97. The van der Waals surface area contributed by atoms with Crippen molar-refractivity contribution in [3.05, 3.63) is 104 Å². The lowest BCUT2D eigenvalue weighted by Crippen LogP contribution is -2.34. The second-order valence-electron chi connectivity index (χ2n) is 9.26. The molecule has 186 valence electrons. The van der Waals surface area contributed by atoms with Gasteiger partial charge in [0.1, 0.15) is 29.4 Å². The van der Waals surface area contributed by atoms with Crippen LogP contribution >= 0.6 is 0 Å². The maximum atomic E-state index is 12.9. The van der Waals surface area contributed by atoms with Crippen LogP contribution in [0.1, 0.15) is 16.7 Å². The van der Waals surface area contributed by atoms with Gasteiger partial charge in [-0.2, -0.15) is 0 Å². The van der Waals surface area contributed by atoms with Crippen LogP contribution in [-0.4, -0.2) is 25.3 Å². The van der Waals surface area contributed by atoms with Crippen molar-refractivity contribution < 1.29 is 18.3 Å². The summed E-state index contributed by atoms with van der Waals surface area (Å²) in [6, 6.07) is 20.5. The first kappa shape index (κ1) is 23.1. The molecule has 1 aliphatic heterocycles. The van der Waals surface area contributed by atoms with Gasteiger partial charge in [-0.3, -0.25) is 4.90 Å². The fraction of sp³-hybridized carbons (Fsp3) is 0.200. The second kappa shape index (κ2) is 9.26. The van der Waals surface area contributed by atoms with E-state index in [-0.39, 0.29) is 0 Å². The molecular formula is C30H25NO6. The van der Waals surface area contributed by atoms with E-state index in [1.807, 2.05) is 43.3 Å². The summed E-state index contributed by atoms with van der Waals surface area (Å²) in [6.45, 7) is 3.80. The number of methoxy groups -OCH3 is 1. The first-order valence-electron chi connectivity index (χ1n) is 12.1. The number of hydrogen-bond acceptors (Lipinski definition) is 7. The number of fused-ring (bicyclic) bond motifs is 3. The van der Waals surface area contributed by atoms with E-state index < -0.39 is 11.3 Å². The second-order valence-corrected chi connectivity index (χ2v) is 9.26. The van der Waals surface area contributed by atoms with Crippen LogP contribution in [0.25, 0.3) is 33.1 Å². The van der Waals surface area contributed by atoms with E-state index in [2.05, 4.69) is 17.0 Å². The standard InChI is InChI=1S/C30H25NO6/c1-18-28-21(16-31(17-35-28)12-11-19-7-9-22(34-2)10-8-19)14-24-23(15-27(32)37-29(18)24)25-13-20-5-3-4-6-26(20)36-30(25)33/h3-10,13-15H,11-12,16-17H2,1-2H3. The highest BCUT2D eigenvalue weighted by atomic mass is 16.5. The van der Waals surface area contributed by atoms with Crippen molar-refractivity contribution in [2.24, 2.45) is 0 Å². The molecule has 0 bridgehead atoms. The Morgan fingerprint density at radius 2 is 1.76 bits per heavy atom. The van der Waals surface area contributed by atoms with Gasteiger partial charge in [0.25, 0.3) is 0 Å². The molecule has 0 spiro atoms. The van der Waals surface area contributed by atoms with Crippen molar-refractivity contribution >= 4 is 21.9 Å². The zero-order valence-corrected chi connectivity index (χ0v) is 20.6. The summed E-state index contributed by atoms with van der Waals surface area (Å²) in [7, 11) is 1.66. The molecule has 0 radical (unpaired) electrons. The summed E-state index contributed by atoms with van der Waals surface area (Å²) in [5.41, 5.74) is 3.63. The molecular weight excluding hydrogens is 470 g/mol. The van der Waals surface area contributed by atoms with Crippen LogP contribution in [0.15, 0.2) is 85.2 Å². The molecule has 0 saturated carbocycles. The Morgan fingerprint density at radius 1 is 0.946 bits per heavy atom. The van der Waals surface area contributed by atoms with E-state index in [4.69, 9.17) is 18.3 Å². The quantitative estimate of drug-likeness (QED) is 0.307. The number of aryl methyl sites for hydroxylation is 1. The molecule has 2 aromatic heterocycles. The number of nitrogens with zero attached hydrogens (tertiary/aromatic N) is 1. The van der Waals surface area contributed by atoms with Crippen LogP contribution in [-0.2, 0) is 13.0 Å². The lowest BCUT2D eigenvalue weighted by atomic mass is 9.97. The van der Waals surface area contributed by atoms with Crippen molar-refractivity contribution in [2.45, 2.75) is 19.9 Å². The van der Waals surface area contributed by atoms with Gasteiger partial charge in [-0.25, -0.2) is 9.59 Å². The molecule has 0 atom stereocenters. The number of hydrogen-bond donors (Lipinski definition) is 0. The van der Waals surface area contributed by atoms with Crippen molar-refractivity contribution in [1.29, 1.82) is 0 Å². The molecule has 6 rings (SSSR count). The molecule has 3 heterocycles. The molecule has 0 aliphatic carbocycles. The van der Waals surface area contributed by atoms with E-state index >= 15 is 0 Å². The van der Waals surface area contributed by atoms with E-state index in [1.54, 1.807) is 19.2 Å². The molecule has 0 N–H and O–H groups in total. The van der Waals surface area contributed by atoms with Crippen LogP contribution in [0.2, 0.25) is 0 Å². The van der Waals surface area contributed by atoms with Crippen LogP contribution in [0, 0.1) is 6.92 Å². The van der Waals surface area contributed by atoms with Gasteiger partial charge in [0.15, 0.2) is 0 Å². The maximum absolute atomic E-state index is 12.9. The minimum Gasteiger partial charge on any atom is -0.497 e. The molecule has 3 aromatic carbocycles. The smallest absolute Gasteiger partial charge is 0.344 e. The van der Waals surface area contributed by atoms with Gasteiger partial charge in [-0.05, 0) is 49.2 Å². The molecule has 0 unspecified atom stereocenters. The Balaban J connectivity index is 1.38. The predicted molar refractivity (Wildman–Crippen MR) is 141 cm³/mol. The molecule has 7 nitrogen and oxygen atoms in total. The molecule has 5 aromatic rings. The molecule has 0 fully saturated rings. The minimum absolute atomic E-state index is 0.323. The Bertz CT molecular complexity index is 1750. The SMILES string of the molecule is COc1ccc(CCN2COc3c(cc4c(-c5cc6ccccc6oc5=O)cc(=O)oc4c3C)C2)cc1. The third kappa shape index (κ3) is 4.27. The van der Waals surface area contributed by atoms with Crippen molar-refractivity contribution in [1.82, 2.24) is 4.90 Å². The summed E-state index contributed by atoms with van der Waals surface area (Å²) >= 11 is 0. The summed E-state index contributed by atoms with van der Waals surface area (Å²) < 4.78 is 22.5. The Morgan fingerprint density at radius 3 is 2.57 bits per heavy atom. The summed E-state index contributed by atoms with van der Waals surface area (Å²) in [5.74, 6) is 1.56. The van der Waals surface area contributed by atoms with Crippen molar-refractivity contribution in [3.63, 3.8) is 0 Å². The number of benzene rings is 3. The van der Waals surface area contributed by atoms with Gasteiger partial charge in [-0.15, -0.1) is 0 Å². The lowest BCUT2D eigenvalue weighted by molar-refractivity contribution is 0.0959. The zero-order chi connectivity index (χ0) is 25.5. The van der Waals surface area contributed by atoms with E-state index in [9.17, 15) is 9.59 Å². The lowest BCUT2D eigenvalue weighted by Gasteiger charge is -2.30. The Kier molecular flexibility index (Phi) is 5.77. The van der Waals surface area contributed by atoms with Crippen molar-refractivity contribution in [2.75, 3.05) is 20.4 Å². The first-order valence-corrected chi connectivity index (χ1v) is 12.1. The normalized spacial score (nSPS) is 13.5. The fourth-order valence-electron chi connectivity index (χ4n) is 4.96. The maximum Gasteiger partial charge on any atom is 0.344 e. The predicted octanol–water partition coefficient (Wildman–Crippen LogP) is 5.28. The van der Waals surface area contributed by atoms with Gasteiger partial charge in [0.05, 0.1) is 12.7 Å². The third-order valence-corrected chi connectivity index (χ3v) is 6.88. The van der Waals surface area contributed by atoms with E-state index in [0.29, 0.717) is 41.0 Å². The van der Waals surface area contributed by atoms with Crippen LogP contribution in [0.4, 0.5) is 0 Å². The van der Waals surface area contributed by atoms with Gasteiger partial charge in [-0.1, -0.05) is 30.3 Å². The minimum atomic E-state index is -0.532. The van der Waals surface area contributed by atoms with Gasteiger partial charge < -0.3 is 18.3 Å². The third-order valence-electron chi connectivity index (χ3n) is 6.88. The molecule has 7 heteroatoms. The van der Waals surface area contributed by atoms with Gasteiger partial charge in [0.2, 0.25) is 0 Å². The molecule has 1 aliphatic rings. The topological polar surface area (TPSA) is 82.1 Å². The van der Waals surface area contributed by atoms with Crippen molar-refractivity contribution in [3.8, 4) is 22.6 Å². The molecule has 0 amide bonds. The van der Waals surface area contributed by atoms with E-state index in [1.165, 1.54) is 11.6 Å². The first-order chi connectivity index (χ1) is 18.0. The number of para-hydroxylation sites is 1. The average Bonchev–Trinajstić information content (AvgIpc) is 2.92. The molecule has 0 saturated heterocycles. The van der Waals surface area contributed by atoms with Gasteiger partial charge in [0, 0.05) is 46.6 Å². The monoisotopic (exact) mass is 495 g/mol. The van der Waals surface area contributed by atoms with Crippen LogP contribution < -0.4 is 20.7 Å². The summed E-state index contributed by atoms with van der Waals surface area (Å²) in [4.78, 5) is 27.7. The number of rotatable bonds is 5. The summed E-state index contributed by atoms with van der Waals surface area (Å²) in [5, 5.41) is 1.46. The van der Waals surface area contributed by atoms with Crippen LogP contribution in [0.3, 0.4) is 0 Å². The largest absolute Gasteiger partial charge is 0.497 e. The van der Waals surface area contributed by atoms with Crippen LogP contribution in [0.5, 0.6) is 11.5 Å².